The van der Waals surface area contributed by atoms with Gasteiger partial charge in [-0.15, -0.1) is 0 Å². The summed E-state index contributed by atoms with van der Waals surface area (Å²) in [4.78, 5) is 35.4. The third kappa shape index (κ3) is 6.55. The van der Waals surface area contributed by atoms with Gasteiger partial charge in [0, 0.05) is 5.56 Å². The number of anilines is 1. The standard InChI is InChI=1S/C26H25NO5/c1-26(2,3)32-31-25(30)22-16-13-19(10-9-18-11-14-21(28)15-12-18)17-23(22)27-24(29)20-7-5-4-6-8-20/h4-17,28H,1-3H3,(H,27,29)/b10-9+. The van der Waals surface area contributed by atoms with Gasteiger partial charge in [-0.2, -0.15) is 4.89 Å². The zero-order valence-electron chi connectivity index (χ0n) is 18.2. The Morgan fingerprint density at radius 3 is 2.16 bits per heavy atom. The predicted molar refractivity (Wildman–Crippen MR) is 124 cm³/mol. The van der Waals surface area contributed by atoms with Crippen molar-refractivity contribution in [3.8, 4) is 5.75 Å². The second kappa shape index (κ2) is 9.94. The van der Waals surface area contributed by atoms with Crippen molar-refractivity contribution in [1.29, 1.82) is 0 Å². The van der Waals surface area contributed by atoms with Gasteiger partial charge in [0.15, 0.2) is 0 Å². The molecule has 0 fully saturated rings. The summed E-state index contributed by atoms with van der Waals surface area (Å²) in [6.45, 7) is 5.28. The lowest BCUT2D eigenvalue weighted by molar-refractivity contribution is -0.301. The summed E-state index contributed by atoms with van der Waals surface area (Å²) in [6.07, 6.45) is 3.70. The third-order valence-corrected chi connectivity index (χ3v) is 4.28. The van der Waals surface area contributed by atoms with Crippen molar-refractivity contribution in [3.05, 3.63) is 95.1 Å². The summed E-state index contributed by atoms with van der Waals surface area (Å²) < 4.78 is 0. The smallest absolute Gasteiger partial charge is 0.375 e. The van der Waals surface area contributed by atoms with Gasteiger partial charge in [0.25, 0.3) is 5.91 Å². The molecule has 0 aliphatic heterocycles. The summed E-state index contributed by atoms with van der Waals surface area (Å²) in [6, 6.07) is 20.5. The average molecular weight is 431 g/mol. The lowest BCUT2D eigenvalue weighted by atomic mass is 10.1. The molecular formula is C26H25NO5. The molecule has 1 amide bonds. The van der Waals surface area contributed by atoms with E-state index in [1.807, 2.05) is 18.2 Å². The first-order chi connectivity index (χ1) is 15.2. The first kappa shape index (κ1) is 22.8. The normalized spacial score (nSPS) is 11.3. The number of phenolic OH excluding ortho intramolecular Hbond substituents is 1. The first-order valence-electron chi connectivity index (χ1n) is 10.1. The summed E-state index contributed by atoms with van der Waals surface area (Å²) in [5.41, 5.74) is 1.91. The number of carbonyl (C=O) groups is 2. The summed E-state index contributed by atoms with van der Waals surface area (Å²) in [5.74, 6) is -0.873. The molecule has 0 radical (unpaired) electrons. The van der Waals surface area contributed by atoms with Gasteiger partial charge in [0.2, 0.25) is 0 Å². The number of hydrogen-bond donors (Lipinski definition) is 2. The molecular weight excluding hydrogens is 406 g/mol. The maximum absolute atomic E-state index is 12.7. The SMILES string of the molecule is CC(C)(C)OOC(=O)c1ccc(/C=C/c2ccc(O)cc2)cc1NC(=O)c1ccccc1. The zero-order chi connectivity index (χ0) is 23.1. The molecule has 0 aliphatic carbocycles. The van der Waals surface area contributed by atoms with Gasteiger partial charge in [0.1, 0.15) is 11.4 Å². The number of rotatable bonds is 6. The van der Waals surface area contributed by atoms with Gasteiger partial charge in [-0.05, 0) is 68.3 Å². The number of phenols is 1. The number of aromatic hydroxyl groups is 1. The van der Waals surface area contributed by atoms with Crippen molar-refractivity contribution in [3.63, 3.8) is 0 Å². The molecule has 0 bridgehead atoms. The molecule has 3 aromatic carbocycles. The molecule has 0 aromatic heterocycles. The molecule has 0 saturated heterocycles. The van der Waals surface area contributed by atoms with Gasteiger partial charge < -0.3 is 10.4 Å². The lowest BCUT2D eigenvalue weighted by Crippen LogP contribution is -2.23. The highest BCUT2D eigenvalue weighted by atomic mass is 17.2. The summed E-state index contributed by atoms with van der Waals surface area (Å²) in [7, 11) is 0. The van der Waals surface area contributed by atoms with Crippen molar-refractivity contribution in [1.82, 2.24) is 0 Å². The summed E-state index contributed by atoms with van der Waals surface area (Å²) in [5, 5.41) is 12.2. The molecule has 0 saturated carbocycles. The molecule has 32 heavy (non-hydrogen) atoms. The van der Waals surface area contributed by atoms with Crippen LogP contribution in [0.5, 0.6) is 5.75 Å². The van der Waals surface area contributed by atoms with E-state index in [9.17, 15) is 14.7 Å². The molecule has 0 spiro atoms. The van der Waals surface area contributed by atoms with E-state index < -0.39 is 11.6 Å². The maximum Gasteiger partial charge on any atom is 0.375 e. The van der Waals surface area contributed by atoms with Crippen LogP contribution in [0.3, 0.4) is 0 Å². The maximum atomic E-state index is 12.7. The Morgan fingerprint density at radius 1 is 0.875 bits per heavy atom. The topological polar surface area (TPSA) is 84.9 Å². The van der Waals surface area contributed by atoms with Crippen LogP contribution in [0.2, 0.25) is 0 Å². The van der Waals surface area contributed by atoms with Crippen LogP contribution in [-0.4, -0.2) is 22.6 Å². The fraction of sp³-hybridized carbons (Fsp3) is 0.154. The molecule has 0 atom stereocenters. The van der Waals surface area contributed by atoms with Gasteiger partial charge in [-0.1, -0.05) is 48.6 Å². The fourth-order valence-electron chi connectivity index (χ4n) is 2.72. The highest BCUT2D eigenvalue weighted by Gasteiger charge is 2.20. The fourth-order valence-corrected chi connectivity index (χ4v) is 2.72. The zero-order valence-corrected chi connectivity index (χ0v) is 18.2. The van der Waals surface area contributed by atoms with E-state index in [2.05, 4.69) is 5.32 Å². The Labute approximate surface area is 187 Å². The van der Waals surface area contributed by atoms with E-state index in [1.54, 1.807) is 87.5 Å². The Bertz CT molecular complexity index is 1110. The molecule has 3 rings (SSSR count). The van der Waals surface area contributed by atoms with E-state index >= 15 is 0 Å². The molecule has 0 aliphatic rings. The monoisotopic (exact) mass is 431 g/mol. The number of benzene rings is 3. The van der Waals surface area contributed by atoms with E-state index in [-0.39, 0.29) is 17.2 Å². The van der Waals surface area contributed by atoms with Crippen LogP contribution in [0.4, 0.5) is 5.69 Å². The van der Waals surface area contributed by atoms with Crippen LogP contribution >= 0.6 is 0 Å². The van der Waals surface area contributed by atoms with Gasteiger partial charge in [0.05, 0.1) is 11.3 Å². The Balaban J connectivity index is 1.89. The molecule has 2 N–H and O–H groups in total. The number of nitrogens with one attached hydrogen (secondary N) is 1. The predicted octanol–water partition coefficient (Wildman–Crippen LogP) is 5.70. The molecule has 6 heteroatoms. The molecule has 164 valence electrons. The van der Waals surface area contributed by atoms with E-state index in [0.29, 0.717) is 11.3 Å². The molecule has 6 nitrogen and oxygen atoms in total. The van der Waals surface area contributed by atoms with Gasteiger partial charge >= 0.3 is 5.97 Å². The molecule has 0 heterocycles. The quantitative estimate of drug-likeness (QED) is 0.297. The Hall–Kier alpha value is -3.90. The first-order valence-corrected chi connectivity index (χ1v) is 10.1. The van der Waals surface area contributed by atoms with Crippen LogP contribution < -0.4 is 5.32 Å². The third-order valence-electron chi connectivity index (χ3n) is 4.28. The highest BCUT2D eigenvalue weighted by molar-refractivity contribution is 6.08. The highest BCUT2D eigenvalue weighted by Crippen LogP contribution is 2.23. The number of hydrogen-bond acceptors (Lipinski definition) is 5. The van der Waals surface area contributed by atoms with Gasteiger partial charge in [-0.3, -0.25) is 9.68 Å². The molecule has 3 aromatic rings. The van der Waals surface area contributed by atoms with E-state index in [4.69, 9.17) is 9.78 Å². The van der Waals surface area contributed by atoms with Crippen LogP contribution in [0.15, 0.2) is 72.8 Å². The summed E-state index contributed by atoms with van der Waals surface area (Å²) >= 11 is 0. The van der Waals surface area contributed by atoms with Crippen LogP contribution in [-0.2, 0) is 9.78 Å². The van der Waals surface area contributed by atoms with Gasteiger partial charge in [-0.25, -0.2) is 4.79 Å². The number of amides is 1. The second-order valence-corrected chi connectivity index (χ2v) is 8.12. The van der Waals surface area contributed by atoms with E-state index in [1.165, 1.54) is 0 Å². The van der Waals surface area contributed by atoms with Crippen LogP contribution in [0.1, 0.15) is 52.6 Å². The minimum absolute atomic E-state index is 0.167. The Morgan fingerprint density at radius 2 is 1.50 bits per heavy atom. The van der Waals surface area contributed by atoms with Crippen molar-refractivity contribution in [2.45, 2.75) is 26.4 Å². The van der Waals surface area contributed by atoms with Crippen LogP contribution in [0, 0.1) is 0 Å². The minimum atomic E-state index is -0.711. The average Bonchev–Trinajstić information content (AvgIpc) is 2.77. The largest absolute Gasteiger partial charge is 0.508 e. The van der Waals surface area contributed by atoms with Crippen molar-refractivity contribution in [2.24, 2.45) is 0 Å². The minimum Gasteiger partial charge on any atom is -0.508 e. The Kier molecular flexibility index (Phi) is 7.07. The van der Waals surface area contributed by atoms with Crippen molar-refractivity contribution >= 4 is 29.7 Å². The lowest BCUT2D eigenvalue weighted by Gasteiger charge is -2.17. The van der Waals surface area contributed by atoms with E-state index in [0.717, 1.165) is 11.1 Å². The van der Waals surface area contributed by atoms with Crippen molar-refractivity contribution in [2.75, 3.05) is 5.32 Å². The van der Waals surface area contributed by atoms with Crippen LogP contribution in [0.25, 0.3) is 12.2 Å². The molecule has 0 unspecified atom stereocenters. The number of carbonyl (C=O) groups excluding carboxylic acids is 2. The van der Waals surface area contributed by atoms with Crippen molar-refractivity contribution < 1.29 is 24.5 Å². The second-order valence-electron chi connectivity index (χ2n) is 8.12.